The van der Waals surface area contributed by atoms with Crippen molar-refractivity contribution >= 4 is 67.1 Å². The molecular weight excluding hydrogens is 515 g/mol. The zero-order valence-electron chi connectivity index (χ0n) is 14.4. The largest absolute Gasteiger partial charge is 0.480 e. The van der Waals surface area contributed by atoms with Crippen LogP contribution in [-0.4, -0.2) is 23.6 Å². The van der Waals surface area contributed by atoms with Gasteiger partial charge < -0.3 is 15.2 Å². The highest BCUT2D eigenvalue weighted by Gasteiger charge is 2.14. The van der Waals surface area contributed by atoms with Crippen molar-refractivity contribution in [2.45, 2.75) is 6.92 Å². The Hall–Kier alpha value is -2.34. The summed E-state index contributed by atoms with van der Waals surface area (Å²) in [6.45, 7) is 1.31. The van der Waals surface area contributed by atoms with Gasteiger partial charge in [-0.25, -0.2) is 4.79 Å². The lowest BCUT2D eigenvalue weighted by molar-refractivity contribution is -0.139. The number of nitrogens with one attached hydrogen (secondary N) is 1. The maximum absolute atomic E-state index is 12.5. The molecule has 1 amide bonds. The second kappa shape index (κ2) is 9.73. The number of benzene rings is 2. The number of amides is 1. The van der Waals surface area contributed by atoms with E-state index in [0.29, 0.717) is 31.0 Å². The molecule has 0 aliphatic rings. The molecule has 2 aromatic carbocycles. The first kappa shape index (κ1) is 22.0. The van der Waals surface area contributed by atoms with Crippen molar-refractivity contribution in [2.75, 3.05) is 11.9 Å². The molecule has 0 aliphatic heterocycles. The van der Waals surface area contributed by atoms with E-state index < -0.39 is 18.5 Å². The molecule has 144 valence electrons. The minimum atomic E-state index is -1.11. The van der Waals surface area contributed by atoms with Crippen LogP contribution in [0.2, 0.25) is 5.02 Å². The number of hydrogen-bond acceptors (Lipinski definition) is 4. The molecule has 0 saturated carbocycles. The molecule has 2 rings (SSSR count). The van der Waals surface area contributed by atoms with Crippen molar-refractivity contribution in [3.63, 3.8) is 0 Å². The number of carbonyl (C=O) groups excluding carboxylic acids is 1. The van der Waals surface area contributed by atoms with Gasteiger partial charge in [0.2, 0.25) is 0 Å². The highest BCUT2D eigenvalue weighted by molar-refractivity contribution is 9.11. The third-order valence-electron chi connectivity index (χ3n) is 3.48. The standard InChI is InChI=1S/C19H13Br2ClN2O4/c1-10-2-3-13(22)7-16(10)24-19(27)12(8-23)4-11-5-14(20)18(15(21)6-11)28-9-17(25)26/h2-7H,9H2,1H3,(H,24,27)(H,25,26)/b12-4+. The summed E-state index contributed by atoms with van der Waals surface area (Å²) in [4.78, 5) is 23.1. The molecule has 0 atom stereocenters. The van der Waals surface area contributed by atoms with Gasteiger partial charge in [-0.15, -0.1) is 0 Å². The first-order valence-electron chi connectivity index (χ1n) is 7.74. The zero-order valence-corrected chi connectivity index (χ0v) is 18.4. The second-order valence-corrected chi connectivity index (χ2v) is 7.72. The first-order chi connectivity index (χ1) is 13.2. The van der Waals surface area contributed by atoms with Gasteiger partial charge in [0.25, 0.3) is 5.91 Å². The van der Waals surface area contributed by atoms with E-state index in [1.165, 1.54) is 6.08 Å². The maximum atomic E-state index is 12.5. The Balaban J connectivity index is 2.28. The summed E-state index contributed by atoms with van der Waals surface area (Å²) in [7, 11) is 0. The third-order valence-corrected chi connectivity index (χ3v) is 4.90. The molecule has 0 aliphatic carbocycles. The zero-order chi connectivity index (χ0) is 20.8. The van der Waals surface area contributed by atoms with E-state index in [4.69, 9.17) is 21.4 Å². The first-order valence-corrected chi connectivity index (χ1v) is 9.70. The molecule has 0 heterocycles. The summed E-state index contributed by atoms with van der Waals surface area (Å²) in [5.74, 6) is -1.38. The van der Waals surface area contributed by atoms with Crippen molar-refractivity contribution in [1.82, 2.24) is 0 Å². The van der Waals surface area contributed by atoms with Crippen LogP contribution in [0.1, 0.15) is 11.1 Å². The number of halogens is 3. The third kappa shape index (κ3) is 5.83. The Morgan fingerprint density at radius 2 is 1.93 bits per heavy atom. The number of ether oxygens (including phenoxy) is 1. The molecule has 0 fully saturated rings. The molecule has 0 radical (unpaired) electrons. The van der Waals surface area contributed by atoms with Crippen LogP contribution in [0.3, 0.4) is 0 Å². The summed E-state index contributed by atoms with van der Waals surface area (Å²) < 4.78 is 6.14. The number of hydrogen-bond donors (Lipinski definition) is 2. The molecule has 0 saturated heterocycles. The van der Waals surface area contributed by atoms with Crippen LogP contribution in [0, 0.1) is 18.3 Å². The lowest BCUT2D eigenvalue weighted by Crippen LogP contribution is -2.14. The molecule has 0 aromatic heterocycles. The lowest BCUT2D eigenvalue weighted by Gasteiger charge is -2.10. The van der Waals surface area contributed by atoms with Crippen molar-refractivity contribution in [3.8, 4) is 11.8 Å². The predicted octanol–water partition coefficient (Wildman–Crippen LogP) is 5.18. The number of carbonyl (C=O) groups is 2. The van der Waals surface area contributed by atoms with E-state index in [1.54, 1.807) is 30.3 Å². The van der Waals surface area contributed by atoms with E-state index in [9.17, 15) is 14.9 Å². The Bertz CT molecular complexity index is 992. The molecule has 9 heteroatoms. The number of aliphatic carboxylic acids is 1. The summed E-state index contributed by atoms with van der Waals surface area (Å²) >= 11 is 12.5. The van der Waals surface area contributed by atoms with Crippen LogP contribution in [0.25, 0.3) is 6.08 Å². The number of rotatable bonds is 6. The van der Waals surface area contributed by atoms with Crippen LogP contribution in [0.5, 0.6) is 5.75 Å². The van der Waals surface area contributed by atoms with Crippen LogP contribution in [0.15, 0.2) is 44.9 Å². The molecule has 2 aromatic rings. The van der Waals surface area contributed by atoms with Crippen LogP contribution in [0.4, 0.5) is 5.69 Å². The number of anilines is 1. The summed E-state index contributed by atoms with van der Waals surface area (Å²) in [6, 6.07) is 10.2. The van der Waals surface area contributed by atoms with Crippen molar-refractivity contribution in [2.24, 2.45) is 0 Å². The van der Waals surface area contributed by atoms with Crippen molar-refractivity contribution < 1.29 is 19.4 Å². The molecule has 0 spiro atoms. The van der Waals surface area contributed by atoms with Gasteiger partial charge in [-0.3, -0.25) is 4.79 Å². The fourth-order valence-corrected chi connectivity index (χ4v) is 3.79. The Morgan fingerprint density at radius 3 is 2.50 bits per heavy atom. The highest BCUT2D eigenvalue weighted by atomic mass is 79.9. The predicted molar refractivity (Wildman–Crippen MR) is 113 cm³/mol. The SMILES string of the molecule is Cc1ccc(Cl)cc1NC(=O)/C(C#N)=C/c1cc(Br)c(OCC(=O)O)c(Br)c1. The van der Waals surface area contributed by atoms with Crippen LogP contribution in [-0.2, 0) is 9.59 Å². The van der Waals surface area contributed by atoms with Gasteiger partial charge in [-0.05, 0) is 80.3 Å². The normalized spacial score (nSPS) is 10.9. The maximum Gasteiger partial charge on any atom is 0.341 e. The second-order valence-electron chi connectivity index (χ2n) is 5.58. The number of carboxylic acid groups (broad SMARTS) is 1. The van der Waals surface area contributed by atoms with E-state index in [0.717, 1.165) is 5.56 Å². The Morgan fingerprint density at radius 1 is 1.29 bits per heavy atom. The molecule has 0 bridgehead atoms. The van der Waals surface area contributed by atoms with E-state index in [1.807, 2.05) is 13.0 Å². The van der Waals surface area contributed by atoms with E-state index in [-0.39, 0.29) is 5.57 Å². The minimum Gasteiger partial charge on any atom is -0.480 e. The fraction of sp³-hybridized carbons (Fsp3) is 0.105. The topological polar surface area (TPSA) is 99.4 Å². The van der Waals surface area contributed by atoms with Gasteiger partial charge in [0, 0.05) is 10.7 Å². The van der Waals surface area contributed by atoms with Crippen LogP contribution >= 0.6 is 43.5 Å². The smallest absolute Gasteiger partial charge is 0.341 e. The minimum absolute atomic E-state index is 0.114. The summed E-state index contributed by atoms with van der Waals surface area (Å²) in [5.41, 5.74) is 1.74. The quantitative estimate of drug-likeness (QED) is 0.398. The number of aryl methyl sites for hydroxylation is 1. The number of nitrogens with zero attached hydrogens (tertiary/aromatic N) is 1. The van der Waals surface area contributed by atoms with E-state index >= 15 is 0 Å². The highest BCUT2D eigenvalue weighted by Crippen LogP contribution is 2.35. The van der Waals surface area contributed by atoms with Gasteiger partial charge in [-0.2, -0.15) is 5.26 Å². The van der Waals surface area contributed by atoms with Crippen LogP contribution < -0.4 is 10.1 Å². The molecular formula is C19H13Br2ClN2O4. The average Bonchev–Trinajstić information content (AvgIpc) is 2.61. The summed E-state index contributed by atoms with van der Waals surface area (Å²) in [5, 5.41) is 21.2. The average molecular weight is 529 g/mol. The van der Waals surface area contributed by atoms with Gasteiger partial charge in [-0.1, -0.05) is 17.7 Å². The molecule has 0 unspecified atom stereocenters. The van der Waals surface area contributed by atoms with Crippen molar-refractivity contribution in [1.29, 1.82) is 5.26 Å². The number of carboxylic acids is 1. The molecule has 6 nitrogen and oxygen atoms in total. The summed E-state index contributed by atoms with van der Waals surface area (Å²) in [6.07, 6.45) is 1.41. The lowest BCUT2D eigenvalue weighted by atomic mass is 10.1. The van der Waals surface area contributed by atoms with Gasteiger partial charge in [0.05, 0.1) is 8.95 Å². The number of nitriles is 1. The van der Waals surface area contributed by atoms with Crippen molar-refractivity contribution in [3.05, 3.63) is 61.0 Å². The van der Waals surface area contributed by atoms with Gasteiger partial charge in [0.15, 0.2) is 6.61 Å². The Kier molecular flexibility index (Phi) is 7.63. The van der Waals surface area contributed by atoms with Gasteiger partial charge in [0.1, 0.15) is 17.4 Å². The molecule has 2 N–H and O–H groups in total. The Labute approximate surface area is 183 Å². The monoisotopic (exact) mass is 526 g/mol. The fourth-order valence-electron chi connectivity index (χ4n) is 2.17. The van der Waals surface area contributed by atoms with Gasteiger partial charge >= 0.3 is 5.97 Å². The molecule has 28 heavy (non-hydrogen) atoms. The van der Waals surface area contributed by atoms with E-state index in [2.05, 4.69) is 37.2 Å².